The number of amides is 2. The van der Waals surface area contributed by atoms with Crippen molar-refractivity contribution >= 4 is 39.1 Å². The summed E-state index contributed by atoms with van der Waals surface area (Å²) in [6.45, 7) is 4.53. The van der Waals surface area contributed by atoms with Crippen molar-refractivity contribution in [2.75, 3.05) is 23.7 Å². The molecule has 3 rings (SSSR count). The Morgan fingerprint density at radius 2 is 1.69 bits per heavy atom. The first kappa shape index (κ1) is 30.8. The minimum absolute atomic E-state index is 0.0949. The molecule has 1 atom stereocenters. The van der Waals surface area contributed by atoms with Gasteiger partial charge in [-0.3, -0.25) is 13.9 Å². The molecule has 1 saturated carbocycles. The van der Waals surface area contributed by atoms with Gasteiger partial charge in [0.15, 0.2) is 0 Å². The lowest BCUT2D eigenvalue weighted by molar-refractivity contribution is -0.141. The van der Waals surface area contributed by atoms with Crippen molar-refractivity contribution in [2.45, 2.75) is 77.4 Å². The molecule has 1 N–H and O–H groups in total. The highest BCUT2D eigenvalue weighted by Crippen LogP contribution is 2.23. The maximum atomic E-state index is 13.5. The molecule has 0 saturated heterocycles. The van der Waals surface area contributed by atoms with Gasteiger partial charge >= 0.3 is 0 Å². The van der Waals surface area contributed by atoms with Gasteiger partial charge in [-0.25, -0.2) is 8.42 Å². The summed E-state index contributed by atoms with van der Waals surface area (Å²) in [6.07, 6.45) is 6.83. The third-order valence-electron chi connectivity index (χ3n) is 6.97. The van der Waals surface area contributed by atoms with Gasteiger partial charge in [0.2, 0.25) is 21.8 Å². The van der Waals surface area contributed by atoms with Crippen LogP contribution in [-0.4, -0.2) is 56.6 Å². The van der Waals surface area contributed by atoms with E-state index in [9.17, 15) is 18.0 Å². The second kappa shape index (κ2) is 14.6. The lowest BCUT2D eigenvalue weighted by Crippen LogP contribution is -2.50. The van der Waals surface area contributed by atoms with Crippen LogP contribution in [0.2, 0.25) is 5.02 Å². The largest absolute Gasteiger partial charge is 0.494 e. The summed E-state index contributed by atoms with van der Waals surface area (Å²) in [5.41, 5.74) is 1.36. The van der Waals surface area contributed by atoms with Crippen LogP contribution < -0.4 is 14.4 Å². The SMILES string of the molecule is CCOc1ccc(N(CCCC(=O)N(Cc2ccc(Cl)cc2)[C@H](C)C(=O)NC2CCCCC2)S(C)(=O)=O)cc1. The number of carbonyl (C=O) groups excluding carboxylic acids is 2. The first-order valence-electron chi connectivity index (χ1n) is 13.6. The lowest BCUT2D eigenvalue weighted by atomic mass is 9.95. The zero-order chi connectivity index (χ0) is 28.4. The molecule has 0 aliphatic heterocycles. The van der Waals surface area contributed by atoms with E-state index in [0.29, 0.717) is 29.5 Å². The van der Waals surface area contributed by atoms with Crippen molar-refractivity contribution in [3.8, 4) is 5.75 Å². The molecule has 2 aromatic carbocycles. The molecule has 0 radical (unpaired) electrons. The Kier molecular flexibility index (Phi) is 11.5. The fourth-order valence-electron chi connectivity index (χ4n) is 4.82. The van der Waals surface area contributed by atoms with Gasteiger partial charge in [-0.15, -0.1) is 0 Å². The molecule has 1 aliphatic carbocycles. The molecule has 0 unspecified atom stereocenters. The van der Waals surface area contributed by atoms with Crippen LogP contribution in [0.3, 0.4) is 0 Å². The molecule has 1 aliphatic rings. The van der Waals surface area contributed by atoms with Gasteiger partial charge in [0.1, 0.15) is 11.8 Å². The minimum atomic E-state index is -3.57. The summed E-state index contributed by atoms with van der Waals surface area (Å²) < 4.78 is 31.8. The van der Waals surface area contributed by atoms with Crippen LogP contribution in [0.15, 0.2) is 48.5 Å². The van der Waals surface area contributed by atoms with Crippen LogP contribution in [0.1, 0.15) is 64.4 Å². The summed E-state index contributed by atoms with van der Waals surface area (Å²) >= 11 is 6.04. The smallest absolute Gasteiger partial charge is 0.242 e. The van der Waals surface area contributed by atoms with E-state index < -0.39 is 16.1 Å². The number of benzene rings is 2. The second-order valence-corrected chi connectivity index (χ2v) is 12.4. The van der Waals surface area contributed by atoms with Crippen molar-refractivity contribution in [3.05, 3.63) is 59.1 Å². The number of rotatable bonds is 13. The molecule has 214 valence electrons. The minimum Gasteiger partial charge on any atom is -0.494 e. The van der Waals surface area contributed by atoms with E-state index in [0.717, 1.165) is 37.5 Å². The maximum absolute atomic E-state index is 13.5. The number of anilines is 1. The van der Waals surface area contributed by atoms with E-state index in [4.69, 9.17) is 16.3 Å². The number of sulfonamides is 1. The second-order valence-electron chi connectivity index (χ2n) is 10.0. The molecule has 2 amide bonds. The first-order valence-corrected chi connectivity index (χ1v) is 15.9. The monoisotopic (exact) mass is 577 g/mol. The van der Waals surface area contributed by atoms with E-state index >= 15 is 0 Å². The number of ether oxygens (including phenoxy) is 1. The molecule has 2 aromatic rings. The van der Waals surface area contributed by atoms with Crippen LogP contribution in [0.25, 0.3) is 0 Å². The van der Waals surface area contributed by atoms with E-state index in [2.05, 4.69) is 5.32 Å². The highest BCUT2D eigenvalue weighted by Gasteiger charge is 2.28. The van der Waals surface area contributed by atoms with Crippen LogP contribution in [0.4, 0.5) is 5.69 Å². The molecule has 0 aromatic heterocycles. The van der Waals surface area contributed by atoms with Crippen molar-refractivity contribution in [2.24, 2.45) is 0 Å². The average molecular weight is 578 g/mol. The standard InChI is InChI=1S/C29H40ClN3O5S/c1-4-38-27-18-16-26(17-19-27)33(39(3,36)37)20-8-11-28(34)32(21-23-12-14-24(30)15-13-23)22(2)29(35)31-25-9-6-5-7-10-25/h12-19,22,25H,4-11,20-21H2,1-3H3,(H,31,35)/t22-/m1/s1. The summed E-state index contributed by atoms with van der Waals surface area (Å²) in [4.78, 5) is 28.2. The summed E-state index contributed by atoms with van der Waals surface area (Å²) in [7, 11) is -3.57. The molecular formula is C29H40ClN3O5S. The molecule has 39 heavy (non-hydrogen) atoms. The molecule has 10 heteroatoms. The molecule has 8 nitrogen and oxygen atoms in total. The Hall–Kier alpha value is -2.78. The van der Waals surface area contributed by atoms with Crippen LogP contribution >= 0.6 is 11.6 Å². The van der Waals surface area contributed by atoms with Crippen LogP contribution in [0.5, 0.6) is 5.75 Å². The zero-order valence-corrected chi connectivity index (χ0v) is 24.6. The Bertz CT molecular complexity index is 1180. The fourth-order valence-corrected chi connectivity index (χ4v) is 5.91. The van der Waals surface area contributed by atoms with Crippen LogP contribution in [0, 0.1) is 0 Å². The topological polar surface area (TPSA) is 96.0 Å². The quantitative estimate of drug-likeness (QED) is 0.355. The molecule has 0 heterocycles. The Labute approximate surface area is 237 Å². The summed E-state index contributed by atoms with van der Waals surface area (Å²) in [5, 5.41) is 3.72. The van der Waals surface area contributed by atoms with Gasteiger partial charge in [0.25, 0.3) is 0 Å². The number of hydrogen-bond acceptors (Lipinski definition) is 5. The number of nitrogens with zero attached hydrogens (tertiary/aromatic N) is 2. The van der Waals surface area contributed by atoms with Crippen molar-refractivity contribution in [3.63, 3.8) is 0 Å². The lowest BCUT2D eigenvalue weighted by Gasteiger charge is -2.31. The van der Waals surface area contributed by atoms with Crippen molar-refractivity contribution in [1.82, 2.24) is 10.2 Å². The van der Waals surface area contributed by atoms with Gasteiger partial charge in [-0.1, -0.05) is 43.0 Å². The van der Waals surface area contributed by atoms with Crippen molar-refractivity contribution < 1.29 is 22.7 Å². The third-order valence-corrected chi connectivity index (χ3v) is 8.42. The molecular weight excluding hydrogens is 538 g/mol. The first-order chi connectivity index (χ1) is 18.6. The van der Waals surface area contributed by atoms with Crippen molar-refractivity contribution in [1.29, 1.82) is 0 Å². The molecule has 1 fully saturated rings. The number of carbonyl (C=O) groups is 2. The van der Waals surface area contributed by atoms with Gasteiger partial charge < -0.3 is 15.0 Å². The van der Waals surface area contributed by atoms with E-state index in [1.54, 1.807) is 48.2 Å². The normalized spacial score (nSPS) is 14.9. The Morgan fingerprint density at radius 3 is 2.28 bits per heavy atom. The Balaban J connectivity index is 1.70. The highest BCUT2D eigenvalue weighted by molar-refractivity contribution is 7.92. The van der Waals surface area contributed by atoms with E-state index in [-0.39, 0.29) is 37.4 Å². The maximum Gasteiger partial charge on any atom is 0.242 e. The Morgan fingerprint density at radius 1 is 1.05 bits per heavy atom. The highest BCUT2D eigenvalue weighted by atomic mass is 35.5. The fraction of sp³-hybridized carbons (Fsp3) is 0.517. The van der Waals surface area contributed by atoms with Gasteiger partial charge in [0.05, 0.1) is 18.6 Å². The van der Waals surface area contributed by atoms with E-state index in [1.807, 2.05) is 19.1 Å². The number of hydrogen-bond donors (Lipinski definition) is 1. The molecule has 0 spiro atoms. The van der Waals surface area contributed by atoms with Crippen LogP contribution in [-0.2, 0) is 26.2 Å². The van der Waals surface area contributed by atoms with Gasteiger partial charge in [0, 0.05) is 30.6 Å². The van der Waals surface area contributed by atoms with Gasteiger partial charge in [-0.05, 0) is 75.1 Å². The number of halogens is 1. The predicted octanol–water partition coefficient (Wildman–Crippen LogP) is 5.15. The average Bonchev–Trinajstić information content (AvgIpc) is 2.91. The predicted molar refractivity (Wildman–Crippen MR) is 156 cm³/mol. The summed E-state index contributed by atoms with van der Waals surface area (Å²) in [5.74, 6) is 0.274. The number of nitrogens with one attached hydrogen (secondary N) is 1. The third kappa shape index (κ3) is 9.42. The van der Waals surface area contributed by atoms with E-state index in [1.165, 1.54) is 10.7 Å². The van der Waals surface area contributed by atoms with Gasteiger partial charge in [-0.2, -0.15) is 0 Å². The zero-order valence-electron chi connectivity index (χ0n) is 23.1. The summed E-state index contributed by atoms with van der Waals surface area (Å²) in [6, 6.07) is 13.5. The molecule has 0 bridgehead atoms.